The van der Waals surface area contributed by atoms with Crippen LogP contribution in [0.3, 0.4) is 0 Å². The van der Waals surface area contributed by atoms with E-state index in [9.17, 15) is 0 Å². The second-order valence-corrected chi connectivity index (χ2v) is 9.98. The van der Waals surface area contributed by atoms with E-state index in [0.717, 1.165) is 17.5 Å². The third kappa shape index (κ3) is 8.43. The molecular formula is C30H45N. The minimum atomic E-state index is 0.937. The van der Waals surface area contributed by atoms with Gasteiger partial charge in [-0.3, -0.25) is 4.98 Å². The first kappa shape index (κ1) is 24.0. The summed E-state index contributed by atoms with van der Waals surface area (Å²) in [5, 5.41) is 0. The monoisotopic (exact) mass is 419 g/mol. The summed E-state index contributed by atoms with van der Waals surface area (Å²) in [6.45, 7) is 4.58. The number of unbranched alkanes of at least 4 members (excludes halogenated alkanes) is 5. The van der Waals surface area contributed by atoms with E-state index in [1.54, 1.807) is 0 Å². The summed E-state index contributed by atoms with van der Waals surface area (Å²) in [5.41, 5.74) is 5.21. The van der Waals surface area contributed by atoms with E-state index in [0.29, 0.717) is 0 Å². The topological polar surface area (TPSA) is 12.9 Å². The van der Waals surface area contributed by atoms with Crippen LogP contribution in [0.1, 0.15) is 108 Å². The average Bonchev–Trinajstić information content (AvgIpc) is 2.82. The Balaban J connectivity index is 1.39. The maximum Gasteiger partial charge on any atom is 0.0702 e. The maximum absolute atomic E-state index is 4.78. The summed E-state index contributed by atoms with van der Waals surface area (Å²) in [7, 11) is 0. The molecule has 31 heavy (non-hydrogen) atoms. The SMILES string of the molecule is CCCCCCc1ccc(-c2ccc(CCC3CCC(CCCCC)CC3)cn2)cc1. The van der Waals surface area contributed by atoms with Gasteiger partial charge in [0.15, 0.2) is 0 Å². The van der Waals surface area contributed by atoms with Crippen LogP contribution in [0.5, 0.6) is 0 Å². The highest BCUT2D eigenvalue weighted by molar-refractivity contribution is 5.59. The molecule has 0 amide bonds. The van der Waals surface area contributed by atoms with E-state index < -0.39 is 0 Å². The van der Waals surface area contributed by atoms with Crippen molar-refractivity contribution in [3.63, 3.8) is 0 Å². The van der Waals surface area contributed by atoms with Gasteiger partial charge in [0.2, 0.25) is 0 Å². The highest BCUT2D eigenvalue weighted by atomic mass is 14.7. The normalized spacial score (nSPS) is 18.9. The molecule has 1 aromatic carbocycles. The van der Waals surface area contributed by atoms with Crippen molar-refractivity contribution in [1.29, 1.82) is 0 Å². The van der Waals surface area contributed by atoms with Gasteiger partial charge in [-0.2, -0.15) is 0 Å². The largest absolute Gasteiger partial charge is 0.256 e. The Bertz CT molecular complexity index is 707. The van der Waals surface area contributed by atoms with Crippen molar-refractivity contribution in [1.82, 2.24) is 4.98 Å². The second kappa shape index (κ2) is 13.7. The molecule has 0 unspecified atom stereocenters. The average molecular weight is 420 g/mol. The number of nitrogens with zero attached hydrogens (tertiary/aromatic N) is 1. The number of pyridine rings is 1. The first-order valence-corrected chi connectivity index (χ1v) is 13.3. The van der Waals surface area contributed by atoms with Crippen molar-refractivity contribution in [2.45, 2.75) is 110 Å². The van der Waals surface area contributed by atoms with E-state index >= 15 is 0 Å². The van der Waals surface area contributed by atoms with Crippen LogP contribution in [0.2, 0.25) is 0 Å². The van der Waals surface area contributed by atoms with E-state index in [-0.39, 0.29) is 0 Å². The number of hydrogen-bond donors (Lipinski definition) is 0. The number of rotatable bonds is 13. The molecular weight excluding hydrogens is 374 g/mol. The summed E-state index contributed by atoms with van der Waals surface area (Å²) in [6, 6.07) is 13.6. The molecule has 1 aromatic heterocycles. The maximum atomic E-state index is 4.78. The number of benzene rings is 1. The quantitative estimate of drug-likeness (QED) is 0.295. The van der Waals surface area contributed by atoms with Crippen LogP contribution in [0.25, 0.3) is 11.3 Å². The van der Waals surface area contributed by atoms with Crippen molar-refractivity contribution in [3.05, 3.63) is 53.7 Å². The Hall–Kier alpha value is -1.63. The standard InChI is InChI=1S/C30H45N/c1-3-5-7-9-11-26-18-21-29(22-19-26)30-23-20-28(24-31-30)17-16-27-14-12-25(13-15-27)10-8-6-4-2/h18-25,27H,3-17H2,1-2H3. The highest BCUT2D eigenvalue weighted by Gasteiger charge is 2.20. The molecule has 0 radical (unpaired) electrons. The van der Waals surface area contributed by atoms with Gasteiger partial charge in [-0.15, -0.1) is 0 Å². The molecule has 0 aliphatic heterocycles. The van der Waals surface area contributed by atoms with Crippen LogP contribution in [0, 0.1) is 11.8 Å². The lowest BCUT2D eigenvalue weighted by Gasteiger charge is -2.28. The molecule has 0 N–H and O–H groups in total. The summed E-state index contributed by atoms with van der Waals surface area (Å²) in [6.07, 6.45) is 22.7. The van der Waals surface area contributed by atoms with Crippen LogP contribution >= 0.6 is 0 Å². The Morgan fingerprint density at radius 3 is 1.94 bits per heavy atom. The molecule has 3 rings (SSSR count). The van der Waals surface area contributed by atoms with Gasteiger partial charge in [0.05, 0.1) is 5.69 Å². The fraction of sp³-hybridized carbons (Fsp3) is 0.633. The first-order chi connectivity index (χ1) is 15.3. The molecule has 1 heterocycles. The Kier molecular flexibility index (Phi) is 10.6. The van der Waals surface area contributed by atoms with Crippen LogP contribution in [-0.4, -0.2) is 4.98 Å². The third-order valence-corrected chi connectivity index (χ3v) is 7.42. The third-order valence-electron chi connectivity index (χ3n) is 7.42. The van der Waals surface area contributed by atoms with Gasteiger partial charge in [0.25, 0.3) is 0 Å². The van der Waals surface area contributed by atoms with Gasteiger partial charge in [-0.1, -0.05) is 115 Å². The van der Waals surface area contributed by atoms with Gasteiger partial charge < -0.3 is 0 Å². The zero-order valence-electron chi connectivity index (χ0n) is 20.2. The molecule has 2 aromatic rings. The predicted molar refractivity (Wildman–Crippen MR) is 135 cm³/mol. The molecule has 0 bridgehead atoms. The van der Waals surface area contributed by atoms with E-state index in [4.69, 9.17) is 4.98 Å². The molecule has 1 saturated carbocycles. The summed E-state index contributed by atoms with van der Waals surface area (Å²) < 4.78 is 0. The van der Waals surface area contributed by atoms with Crippen LogP contribution in [0.4, 0.5) is 0 Å². The number of aryl methyl sites for hydroxylation is 2. The van der Waals surface area contributed by atoms with Crippen LogP contribution < -0.4 is 0 Å². The highest BCUT2D eigenvalue weighted by Crippen LogP contribution is 2.34. The lowest BCUT2D eigenvalue weighted by atomic mass is 9.78. The molecule has 1 aliphatic carbocycles. The Labute approximate surface area is 192 Å². The smallest absolute Gasteiger partial charge is 0.0702 e. The van der Waals surface area contributed by atoms with E-state index in [1.165, 1.54) is 113 Å². The minimum absolute atomic E-state index is 0.937. The van der Waals surface area contributed by atoms with Crippen molar-refractivity contribution in [2.75, 3.05) is 0 Å². The zero-order valence-corrected chi connectivity index (χ0v) is 20.2. The number of aromatic nitrogens is 1. The first-order valence-electron chi connectivity index (χ1n) is 13.3. The summed E-state index contributed by atoms with van der Waals surface area (Å²) in [5.74, 6) is 1.96. The van der Waals surface area contributed by atoms with Gasteiger partial charge >= 0.3 is 0 Å². The summed E-state index contributed by atoms with van der Waals surface area (Å²) >= 11 is 0. The van der Waals surface area contributed by atoms with Gasteiger partial charge in [-0.05, 0) is 54.7 Å². The van der Waals surface area contributed by atoms with Crippen molar-refractivity contribution in [3.8, 4) is 11.3 Å². The van der Waals surface area contributed by atoms with Crippen molar-refractivity contribution in [2.24, 2.45) is 11.8 Å². The summed E-state index contributed by atoms with van der Waals surface area (Å²) in [4.78, 5) is 4.78. The number of hydrogen-bond acceptors (Lipinski definition) is 1. The minimum Gasteiger partial charge on any atom is -0.256 e. The molecule has 0 atom stereocenters. The van der Waals surface area contributed by atoms with Crippen molar-refractivity contribution >= 4 is 0 Å². The Morgan fingerprint density at radius 1 is 0.645 bits per heavy atom. The van der Waals surface area contributed by atoms with Crippen LogP contribution in [-0.2, 0) is 12.8 Å². The van der Waals surface area contributed by atoms with Gasteiger partial charge in [-0.25, -0.2) is 0 Å². The van der Waals surface area contributed by atoms with Crippen molar-refractivity contribution < 1.29 is 0 Å². The fourth-order valence-electron chi connectivity index (χ4n) is 5.20. The lowest BCUT2D eigenvalue weighted by Crippen LogP contribution is -2.15. The molecule has 1 nitrogen and oxygen atoms in total. The molecule has 0 spiro atoms. The molecule has 1 fully saturated rings. The molecule has 0 saturated heterocycles. The van der Waals surface area contributed by atoms with Crippen LogP contribution in [0.15, 0.2) is 42.6 Å². The van der Waals surface area contributed by atoms with Gasteiger partial charge in [0, 0.05) is 11.8 Å². The van der Waals surface area contributed by atoms with Gasteiger partial charge in [0.1, 0.15) is 0 Å². The second-order valence-electron chi connectivity index (χ2n) is 9.98. The predicted octanol–water partition coefficient (Wildman–Crippen LogP) is 9.19. The zero-order chi connectivity index (χ0) is 21.7. The fourth-order valence-corrected chi connectivity index (χ4v) is 5.20. The molecule has 1 aliphatic rings. The lowest BCUT2D eigenvalue weighted by molar-refractivity contribution is 0.249. The van der Waals surface area contributed by atoms with E-state index in [2.05, 4.69) is 56.4 Å². The molecule has 170 valence electrons. The molecule has 1 heteroatoms. The Morgan fingerprint density at radius 2 is 1.29 bits per heavy atom. The van der Waals surface area contributed by atoms with E-state index in [1.807, 2.05) is 0 Å².